The summed E-state index contributed by atoms with van der Waals surface area (Å²) in [6, 6.07) is 4.83. The van der Waals surface area contributed by atoms with Crippen LogP contribution in [-0.2, 0) is 15.5 Å². The van der Waals surface area contributed by atoms with Crippen molar-refractivity contribution in [3.05, 3.63) is 27.7 Å². The minimum atomic E-state index is -3.87. The molecule has 0 radical (unpaired) electrons. The second-order valence-electron chi connectivity index (χ2n) is 2.82. The molecule has 0 atom stereocenters. The van der Waals surface area contributed by atoms with Gasteiger partial charge in [0.1, 0.15) is 11.0 Å². The van der Waals surface area contributed by atoms with E-state index in [1.165, 1.54) is 6.07 Å². The molecule has 0 saturated heterocycles. The van der Waals surface area contributed by atoms with Crippen LogP contribution in [0.2, 0.25) is 0 Å². The van der Waals surface area contributed by atoms with Crippen LogP contribution in [-0.4, -0.2) is 8.42 Å². The average Bonchev–Trinajstić information content (AvgIpc) is 2.15. The van der Waals surface area contributed by atoms with E-state index in [1.807, 2.05) is 13.0 Å². The Morgan fingerprint density at radius 3 is 2.53 bits per heavy atom. The summed E-state index contributed by atoms with van der Waals surface area (Å²) in [6.45, 7) is 1.91. The lowest BCUT2D eigenvalue weighted by molar-refractivity contribution is 0.609. The van der Waals surface area contributed by atoms with Crippen molar-refractivity contribution in [2.75, 3.05) is 0 Å². The number of nitrogens with zero attached hydrogens (tertiary/aromatic N) is 1. The fourth-order valence-corrected chi connectivity index (χ4v) is 3.04. The lowest BCUT2D eigenvalue weighted by atomic mass is 10.1. The molecule has 0 unspecified atom stereocenters. The molecule has 15 heavy (non-hydrogen) atoms. The van der Waals surface area contributed by atoms with Crippen molar-refractivity contribution in [3.8, 4) is 6.07 Å². The highest BCUT2D eigenvalue weighted by atomic mass is 79.9. The predicted octanol–water partition coefficient (Wildman–Crippen LogP) is 2.81. The topological polar surface area (TPSA) is 57.9 Å². The van der Waals surface area contributed by atoms with E-state index in [-0.39, 0.29) is 10.5 Å². The first-order valence-corrected chi connectivity index (χ1v) is 7.18. The lowest BCUT2D eigenvalue weighted by Crippen LogP contribution is -1.98. The summed E-state index contributed by atoms with van der Waals surface area (Å²) in [4.78, 5) is -0.157. The van der Waals surface area contributed by atoms with Crippen LogP contribution in [0.5, 0.6) is 0 Å². The van der Waals surface area contributed by atoms with Gasteiger partial charge in [0.2, 0.25) is 0 Å². The van der Waals surface area contributed by atoms with Crippen molar-refractivity contribution >= 4 is 35.7 Å². The Labute approximate surface area is 101 Å². The molecule has 1 aromatic rings. The van der Waals surface area contributed by atoms with Gasteiger partial charge in [0.05, 0.1) is 5.56 Å². The van der Waals surface area contributed by atoms with Crippen LogP contribution >= 0.6 is 26.6 Å². The van der Waals surface area contributed by atoms with Gasteiger partial charge >= 0.3 is 0 Å². The molecule has 0 aliphatic rings. The quantitative estimate of drug-likeness (QED) is 0.789. The molecule has 0 aliphatic heterocycles. The van der Waals surface area contributed by atoms with E-state index in [9.17, 15) is 8.42 Å². The first kappa shape index (κ1) is 12.5. The van der Waals surface area contributed by atoms with Crippen LogP contribution in [0.3, 0.4) is 0 Å². The maximum atomic E-state index is 11.2. The molecule has 6 heteroatoms. The van der Waals surface area contributed by atoms with E-state index in [1.54, 1.807) is 6.07 Å². The van der Waals surface area contributed by atoms with Crippen molar-refractivity contribution in [2.45, 2.75) is 18.2 Å². The summed E-state index contributed by atoms with van der Waals surface area (Å²) in [7, 11) is 1.34. The van der Waals surface area contributed by atoms with Crippen LogP contribution in [0, 0.1) is 11.3 Å². The largest absolute Gasteiger partial charge is 0.262 e. The Morgan fingerprint density at radius 1 is 1.53 bits per heavy atom. The zero-order valence-corrected chi connectivity index (χ0v) is 10.9. The molecule has 1 rings (SSSR count). The molecule has 0 N–H and O–H groups in total. The van der Waals surface area contributed by atoms with Gasteiger partial charge in [-0.2, -0.15) is 5.26 Å². The second-order valence-corrected chi connectivity index (χ2v) is 6.14. The first-order chi connectivity index (χ1) is 6.91. The summed E-state index contributed by atoms with van der Waals surface area (Å²) in [5.74, 6) is 0. The number of benzene rings is 1. The highest BCUT2D eigenvalue weighted by molar-refractivity contribution is 9.10. The molecule has 0 aromatic heterocycles. The normalized spacial score (nSPS) is 11.1. The molecule has 0 bridgehead atoms. The smallest absolute Gasteiger partial charge is 0.207 e. The van der Waals surface area contributed by atoms with Crippen LogP contribution in [0.25, 0.3) is 0 Å². The van der Waals surface area contributed by atoms with E-state index in [2.05, 4.69) is 15.9 Å². The monoisotopic (exact) mass is 307 g/mol. The van der Waals surface area contributed by atoms with Crippen LogP contribution in [0.4, 0.5) is 0 Å². The molecule has 0 fully saturated rings. The van der Waals surface area contributed by atoms with Gasteiger partial charge in [-0.05, 0) is 34.0 Å². The predicted molar refractivity (Wildman–Crippen MR) is 61.3 cm³/mol. The number of aryl methyl sites for hydroxylation is 1. The molecule has 0 amide bonds. The summed E-state index contributed by atoms with van der Waals surface area (Å²) in [6.07, 6.45) is 0.706. The van der Waals surface area contributed by atoms with Gasteiger partial charge in [0.25, 0.3) is 9.05 Å². The van der Waals surface area contributed by atoms with Crippen molar-refractivity contribution in [2.24, 2.45) is 0 Å². The number of hydrogen-bond acceptors (Lipinski definition) is 3. The average molecular weight is 309 g/mol. The highest BCUT2D eigenvalue weighted by Crippen LogP contribution is 2.29. The molecule has 0 saturated carbocycles. The maximum absolute atomic E-state index is 11.2. The second kappa shape index (κ2) is 4.52. The third kappa shape index (κ3) is 2.51. The fourth-order valence-electron chi connectivity index (χ4n) is 1.18. The zero-order chi connectivity index (χ0) is 11.6. The van der Waals surface area contributed by atoms with E-state index >= 15 is 0 Å². The minimum Gasteiger partial charge on any atom is -0.207 e. The van der Waals surface area contributed by atoms with Crippen molar-refractivity contribution in [3.63, 3.8) is 0 Å². The van der Waals surface area contributed by atoms with Crippen molar-refractivity contribution < 1.29 is 8.42 Å². The first-order valence-electron chi connectivity index (χ1n) is 4.08. The van der Waals surface area contributed by atoms with Gasteiger partial charge in [-0.1, -0.05) is 13.0 Å². The molecular formula is C9H7BrClNO2S. The number of hydrogen-bond donors (Lipinski definition) is 0. The SMILES string of the molecule is CCc1ccc(S(=O)(=O)Cl)c(C#N)c1Br. The Morgan fingerprint density at radius 2 is 2.13 bits per heavy atom. The maximum Gasteiger partial charge on any atom is 0.262 e. The zero-order valence-electron chi connectivity index (χ0n) is 7.79. The lowest BCUT2D eigenvalue weighted by Gasteiger charge is -2.06. The van der Waals surface area contributed by atoms with Crippen LogP contribution in [0.15, 0.2) is 21.5 Å². The third-order valence-corrected chi connectivity index (χ3v) is 4.21. The van der Waals surface area contributed by atoms with Gasteiger partial charge < -0.3 is 0 Å². The summed E-state index contributed by atoms with van der Waals surface area (Å²) in [5.41, 5.74) is 0.931. The minimum absolute atomic E-state index is 0.0596. The molecule has 80 valence electrons. The van der Waals surface area contributed by atoms with E-state index < -0.39 is 9.05 Å². The number of halogens is 2. The van der Waals surface area contributed by atoms with Crippen LogP contribution < -0.4 is 0 Å². The van der Waals surface area contributed by atoms with Crippen molar-refractivity contribution in [1.82, 2.24) is 0 Å². The standard InChI is InChI=1S/C9H7BrClNO2S/c1-2-6-3-4-8(15(11,13)14)7(5-12)9(6)10/h3-4H,2H2,1H3. The Balaban J connectivity index is 3.61. The highest BCUT2D eigenvalue weighted by Gasteiger charge is 2.19. The van der Waals surface area contributed by atoms with Crippen molar-refractivity contribution in [1.29, 1.82) is 5.26 Å². The molecular weight excluding hydrogens is 302 g/mol. The Kier molecular flexibility index (Phi) is 3.77. The van der Waals surface area contributed by atoms with Crippen LogP contribution in [0.1, 0.15) is 18.1 Å². The molecule has 0 heterocycles. The number of rotatable bonds is 2. The van der Waals surface area contributed by atoms with Gasteiger partial charge in [-0.3, -0.25) is 0 Å². The fraction of sp³-hybridized carbons (Fsp3) is 0.222. The molecule has 1 aromatic carbocycles. The summed E-state index contributed by atoms with van der Waals surface area (Å²) >= 11 is 3.20. The van der Waals surface area contributed by atoms with Gasteiger partial charge in [-0.25, -0.2) is 8.42 Å². The summed E-state index contributed by atoms with van der Waals surface area (Å²) in [5, 5.41) is 8.88. The van der Waals surface area contributed by atoms with E-state index in [0.717, 1.165) is 5.56 Å². The van der Waals surface area contributed by atoms with Gasteiger partial charge in [0, 0.05) is 15.2 Å². The van der Waals surface area contributed by atoms with Gasteiger partial charge in [0.15, 0.2) is 0 Å². The third-order valence-electron chi connectivity index (χ3n) is 1.94. The number of nitriles is 1. The molecule has 0 aliphatic carbocycles. The Bertz CT molecular complexity index is 534. The molecule has 3 nitrogen and oxygen atoms in total. The summed E-state index contributed by atoms with van der Waals surface area (Å²) < 4.78 is 22.8. The van der Waals surface area contributed by atoms with E-state index in [4.69, 9.17) is 15.9 Å². The van der Waals surface area contributed by atoms with E-state index in [0.29, 0.717) is 10.9 Å². The Hall–Kier alpha value is -0.570. The van der Waals surface area contributed by atoms with Gasteiger partial charge in [-0.15, -0.1) is 0 Å². The molecule has 0 spiro atoms.